The summed E-state index contributed by atoms with van der Waals surface area (Å²) < 4.78 is 5.13. The van der Waals surface area contributed by atoms with Gasteiger partial charge in [-0.2, -0.15) is 0 Å². The fourth-order valence-electron chi connectivity index (χ4n) is 1.63. The Morgan fingerprint density at radius 1 is 1.50 bits per heavy atom. The Kier molecular flexibility index (Phi) is 3.38. The number of ether oxygens (including phenoxy) is 1. The van der Waals surface area contributed by atoms with Crippen molar-refractivity contribution in [1.82, 2.24) is 0 Å². The summed E-state index contributed by atoms with van der Waals surface area (Å²) >= 11 is 6.03. The van der Waals surface area contributed by atoms with Gasteiger partial charge in [-0.15, -0.1) is 0 Å². The second-order valence-corrected chi connectivity index (χ2v) is 4.88. The topological polar surface area (TPSA) is 41.5 Å². The predicted octanol–water partition coefficient (Wildman–Crippen LogP) is 2.07. The average molecular weight is 242 g/mol. The second kappa shape index (κ2) is 4.62. The van der Waals surface area contributed by atoms with Crippen molar-refractivity contribution in [3.8, 4) is 0 Å². The van der Waals surface area contributed by atoms with Crippen molar-refractivity contribution in [3.63, 3.8) is 0 Å². The van der Waals surface area contributed by atoms with Crippen LogP contribution in [0.1, 0.15) is 5.56 Å². The molecule has 0 spiro atoms. The fourth-order valence-corrected chi connectivity index (χ4v) is 1.81. The van der Waals surface area contributed by atoms with E-state index in [2.05, 4.69) is 5.32 Å². The summed E-state index contributed by atoms with van der Waals surface area (Å²) in [5.74, 6) is 0. The third-order valence-corrected chi connectivity index (χ3v) is 3.40. The zero-order valence-electron chi connectivity index (χ0n) is 9.29. The monoisotopic (exact) mass is 241 g/mol. The smallest absolute Gasteiger partial charge is 0.0584 e. The van der Waals surface area contributed by atoms with E-state index in [9.17, 15) is 5.11 Å². The van der Waals surface area contributed by atoms with Gasteiger partial charge in [0.1, 0.15) is 0 Å². The van der Waals surface area contributed by atoms with Crippen molar-refractivity contribution in [2.24, 2.45) is 5.41 Å². The van der Waals surface area contributed by atoms with Gasteiger partial charge in [-0.25, -0.2) is 0 Å². The first-order valence-electron chi connectivity index (χ1n) is 5.34. The molecule has 1 aromatic carbocycles. The molecule has 1 heterocycles. The number of aryl methyl sites for hydroxylation is 1. The van der Waals surface area contributed by atoms with E-state index in [0.717, 1.165) is 16.3 Å². The molecule has 0 aromatic heterocycles. The van der Waals surface area contributed by atoms with Crippen LogP contribution < -0.4 is 5.32 Å². The van der Waals surface area contributed by atoms with Crippen molar-refractivity contribution in [2.45, 2.75) is 6.92 Å². The summed E-state index contributed by atoms with van der Waals surface area (Å²) in [6.45, 7) is 4.08. The third kappa shape index (κ3) is 2.32. The first-order chi connectivity index (χ1) is 7.65. The van der Waals surface area contributed by atoms with Gasteiger partial charge in [-0.3, -0.25) is 0 Å². The van der Waals surface area contributed by atoms with Crippen LogP contribution in [-0.4, -0.2) is 31.5 Å². The van der Waals surface area contributed by atoms with Crippen LogP contribution >= 0.6 is 11.6 Å². The van der Waals surface area contributed by atoms with E-state index in [4.69, 9.17) is 16.3 Å². The molecule has 1 aromatic rings. The molecule has 0 radical (unpaired) electrons. The summed E-state index contributed by atoms with van der Waals surface area (Å²) in [5.41, 5.74) is 1.93. The molecule has 1 saturated heterocycles. The quantitative estimate of drug-likeness (QED) is 0.848. The maximum absolute atomic E-state index is 9.27. The minimum atomic E-state index is -0.114. The van der Waals surface area contributed by atoms with Gasteiger partial charge in [0, 0.05) is 17.3 Å². The van der Waals surface area contributed by atoms with Gasteiger partial charge >= 0.3 is 0 Å². The fraction of sp³-hybridized carbons (Fsp3) is 0.500. The van der Waals surface area contributed by atoms with Crippen LogP contribution in [0.25, 0.3) is 0 Å². The standard InChI is InChI=1S/C12H16ClNO2/c1-9-2-3-10(4-11(9)13)14-5-12(6-15)7-16-8-12/h2-4,14-15H,5-8H2,1H3. The van der Waals surface area contributed by atoms with E-state index in [1.54, 1.807) is 0 Å². The lowest BCUT2D eigenvalue weighted by Gasteiger charge is -2.40. The normalized spacial score (nSPS) is 17.9. The Balaban J connectivity index is 1.96. The molecule has 0 bridgehead atoms. The summed E-state index contributed by atoms with van der Waals surface area (Å²) in [4.78, 5) is 0. The minimum Gasteiger partial charge on any atom is -0.396 e. The highest BCUT2D eigenvalue weighted by Gasteiger charge is 2.37. The second-order valence-electron chi connectivity index (χ2n) is 4.47. The van der Waals surface area contributed by atoms with E-state index in [0.29, 0.717) is 19.8 Å². The summed E-state index contributed by atoms with van der Waals surface area (Å²) in [6, 6.07) is 5.88. The lowest BCUT2D eigenvalue weighted by molar-refractivity contribution is -0.128. The first kappa shape index (κ1) is 11.7. The zero-order valence-corrected chi connectivity index (χ0v) is 10.0. The Bertz CT molecular complexity index is 372. The van der Waals surface area contributed by atoms with E-state index in [-0.39, 0.29) is 12.0 Å². The van der Waals surface area contributed by atoms with Crippen LogP contribution in [0.15, 0.2) is 18.2 Å². The highest BCUT2D eigenvalue weighted by atomic mass is 35.5. The van der Waals surface area contributed by atoms with Crippen LogP contribution in [0.2, 0.25) is 5.02 Å². The molecule has 2 rings (SSSR count). The van der Waals surface area contributed by atoms with Crippen molar-refractivity contribution < 1.29 is 9.84 Å². The molecular weight excluding hydrogens is 226 g/mol. The summed E-state index contributed by atoms with van der Waals surface area (Å²) in [6.07, 6.45) is 0. The molecule has 1 fully saturated rings. The van der Waals surface area contributed by atoms with E-state index in [1.807, 2.05) is 25.1 Å². The molecule has 16 heavy (non-hydrogen) atoms. The van der Waals surface area contributed by atoms with Crippen LogP contribution in [0, 0.1) is 12.3 Å². The van der Waals surface area contributed by atoms with Crippen molar-refractivity contribution in [3.05, 3.63) is 28.8 Å². The number of anilines is 1. The van der Waals surface area contributed by atoms with E-state index in [1.165, 1.54) is 0 Å². The zero-order chi connectivity index (χ0) is 11.6. The molecule has 1 aliphatic rings. The minimum absolute atomic E-state index is 0.114. The van der Waals surface area contributed by atoms with Crippen LogP contribution in [-0.2, 0) is 4.74 Å². The number of hydrogen-bond acceptors (Lipinski definition) is 3. The SMILES string of the molecule is Cc1ccc(NCC2(CO)COC2)cc1Cl. The van der Waals surface area contributed by atoms with Crippen LogP contribution in [0.3, 0.4) is 0 Å². The highest BCUT2D eigenvalue weighted by molar-refractivity contribution is 6.31. The summed E-state index contributed by atoms with van der Waals surface area (Å²) in [5, 5.41) is 13.3. The Morgan fingerprint density at radius 2 is 2.25 bits per heavy atom. The molecule has 0 amide bonds. The Labute approximate surface area is 100 Å². The molecule has 0 aliphatic carbocycles. The lowest BCUT2D eigenvalue weighted by Crippen LogP contribution is -2.50. The maximum Gasteiger partial charge on any atom is 0.0584 e. The van der Waals surface area contributed by atoms with Gasteiger partial charge in [-0.1, -0.05) is 17.7 Å². The number of rotatable bonds is 4. The Morgan fingerprint density at radius 3 is 2.75 bits per heavy atom. The number of halogens is 1. The molecule has 4 heteroatoms. The first-order valence-corrected chi connectivity index (χ1v) is 5.72. The molecule has 0 saturated carbocycles. The van der Waals surface area contributed by atoms with E-state index >= 15 is 0 Å². The predicted molar refractivity (Wildman–Crippen MR) is 65.0 cm³/mol. The van der Waals surface area contributed by atoms with Crippen molar-refractivity contribution >= 4 is 17.3 Å². The van der Waals surface area contributed by atoms with Crippen LogP contribution in [0.5, 0.6) is 0 Å². The van der Waals surface area contributed by atoms with E-state index < -0.39 is 0 Å². The molecule has 1 aliphatic heterocycles. The van der Waals surface area contributed by atoms with Gasteiger partial charge in [-0.05, 0) is 24.6 Å². The largest absolute Gasteiger partial charge is 0.396 e. The molecule has 0 unspecified atom stereocenters. The van der Waals surface area contributed by atoms with Gasteiger partial charge in [0.25, 0.3) is 0 Å². The number of aliphatic hydroxyl groups is 1. The van der Waals surface area contributed by atoms with Crippen LogP contribution in [0.4, 0.5) is 5.69 Å². The summed E-state index contributed by atoms with van der Waals surface area (Å²) in [7, 11) is 0. The average Bonchev–Trinajstić information content (AvgIpc) is 2.22. The van der Waals surface area contributed by atoms with Crippen molar-refractivity contribution in [2.75, 3.05) is 31.7 Å². The molecule has 3 nitrogen and oxygen atoms in total. The molecular formula is C12H16ClNO2. The Hall–Kier alpha value is -0.770. The number of benzene rings is 1. The van der Waals surface area contributed by atoms with Gasteiger partial charge in [0.05, 0.1) is 25.2 Å². The van der Waals surface area contributed by atoms with Crippen molar-refractivity contribution in [1.29, 1.82) is 0 Å². The number of aliphatic hydroxyl groups excluding tert-OH is 1. The van der Waals surface area contributed by atoms with Gasteiger partial charge < -0.3 is 15.2 Å². The maximum atomic E-state index is 9.27. The molecule has 0 atom stereocenters. The number of nitrogens with one attached hydrogen (secondary N) is 1. The molecule has 88 valence electrons. The van der Waals surface area contributed by atoms with Gasteiger partial charge in [0.2, 0.25) is 0 Å². The molecule has 2 N–H and O–H groups in total. The number of hydrogen-bond donors (Lipinski definition) is 2. The highest BCUT2D eigenvalue weighted by Crippen LogP contribution is 2.28. The van der Waals surface area contributed by atoms with Gasteiger partial charge in [0.15, 0.2) is 0 Å². The third-order valence-electron chi connectivity index (χ3n) is 2.99. The lowest BCUT2D eigenvalue weighted by atomic mass is 9.87.